The minimum Gasteiger partial charge on any atom is -0.467 e. The maximum Gasteiger partial charge on any atom is 0.330 e. The first-order chi connectivity index (χ1) is 8.83. The Labute approximate surface area is 120 Å². The Morgan fingerprint density at radius 2 is 2.16 bits per heavy atom. The molecule has 0 aromatic carbocycles. The molecule has 0 saturated carbocycles. The summed E-state index contributed by atoms with van der Waals surface area (Å²) in [5, 5.41) is 2.33. The van der Waals surface area contributed by atoms with E-state index in [1.807, 2.05) is 13.8 Å². The van der Waals surface area contributed by atoms with Crippen LogP contribution >= 0.6 is 23.4 Å². The Kier molecular flexibility index (Phi) is 3.70. The van der Waals surface area contributed by atoms with E-state index in [2.05, 4.69) is 5.32 Å². The second kappa shape index (κ2) is 4.86. The summed E-state index contributed by atoms with van der Waals surface area (Å²) in [6, 6.07) is -1.23. The minimum atomic E-state index is -0.621. The number of halogens is 1. The number of carbonyl (C=O) groups excluding carboxylic acids is 3. The molecular formula is C11H15ClN2O4S. The standard InChI is InChI=1S/C11H15ClN2O4S/c1-11(2)7(10(17)18-3)14-8(16)6(9(14)19-11)13-5(15)4-12/h6-7,9H,4H2,1-3H3,(H,13,15)/t6-,7+,9+/m1/s1. The van der Waals surface area contributed by atoms with E-state index < -0.39 is 22.8 Å². The van der Waals surface area contributed by atoms with Crippen LogP contribution in [0.1, 0.15) is 13.8 Å². The highest BCUT2D eigenvalue weighted by molar-refractivity contribution is 8.01. The highest BCUT2D eigenvalue weighted by atomic mass is 35.5. The molecule has 2 amide bonds. The quantitative estimate of drug-likeness (QED) is 0.449. The number of ether oxygens (including phenoxy) is 1. The van der Waals surface area contributed by atoms with Crippen molar-refractivity contribution in [3.05, 3.63) is 0 Å². The Morgan fingerprint density at radius 3 is 2.68 bits per heavy atom. The second-order valence-corrected chi connectivity index (χ2v) is 7.00. The first kappa shape index (κ1) is 14.5. The summed E-state index contributed by atoms with van der Waals surface area (Å²) in [5.74, 6) is -1.28. The summed E-state index contributed by atoms with van der Waals surface area (Å²) in [4.78, 5) is 36.6. The van der Waals surface area contributed by atoms with Gasteiger partial charge in [-0.2, -0.15) is 0 Å². The van der Waals surface area contributed by atoms with Gasteiger partial charge in [-0.3, -0.25) is 9.59 Å². The van der Waals surface area contributed by atoms with Crippen LogP contribution in [0.5, 0.6) is 0 Å². The molecule has 19 heavy (non-hydrogen) atoms. The topological polar surface area (TPSA) is 75.7 Å². The van der Waals surface area contributed by atoms with Gasteiger partial charge in [-0.25, -0.2) is 4.79 Å². The number of methoxy groups -OCH3 is 1. The van der Waals surface area contributed by atoms with Gasteiger partial charge in [0.2, 0.25) is 11.8 Å². The summed E-state index contributed by atoms with van der Waals surface area (Å²) in [5.41, 5.74) is 0. The molecule has 2 aliphatic heterocycles. The van der Waals surface area contributed by atoms with Crippen LogP contribution < -0.4 is 5.32 Å². The van der Waals surface area contributed by atoms with E-state index in [4.69, 9.17) is 16.3 Å². The van der Waals surface area contributed by atoms with Gasteiger partial charge in [-0.05, 0) is 13.8 Å². The first-order valence-electron chi connectivity index (χ1n) is 5.76. The molecule has 0 unspecified atom stereocenters. The van der Waals surface area contributed by atoms with Crippen molar-refractivity contribution >= 4 is 41.1 Å². The van der Waals surface area contributed by atoms with Crippen LogP contribution in [-0.4, -0.2) is 57.9 Å². The third kappa shape index (κ3) is 2.18. The molecule has 3 atom stereocenters. The van der Waals surface area contributed by atoms with Gasteiger partial charge in [-0.1, -0.05) is 0 Å². The fraction of sp³-hybridized carbons (Fsp3) is 0.727. The number of β-lactam (4-membered cyclic amide) rings is 1. The molecule has 0 aliphatic carbocycles. The molecule has 0 spiro atoms. The van der Waals surface area contributed by atoms with Crippen LogP contribution in [0.2, 0.25) is 0 Å². The van der Waals surface area contributed by atoms with E-state index in [1.165, 1.54) is 23.8 Å². The zero-order valence-corrected chi connectivity index (χ0v) is 12.4. The molecule has 0 bridgehead atoms. The minimum absolute atomic E-state index is 0.189. The number of nitrogens with zero attached hydrogens (tertiary/aromatic N) is 1. The number of thioether (sulfide) groups is 1. The number of fused-ring (bicyclic) bond motifs is 1. The van der Waals surface area contributed by atoms with Gasteiger partial charge < -0.3 is 15.0 Å². The molecule has 106 valence electrons. The van der Waals surface area contributed by atoms with Gasteiger partial charge in [0.1, 0.15) is 23.3 Å². The Morgan fingerprint density at radius 1 is 1.53 bits per heavy atom. The number of hydrogen-bond acceptors (Lipinski definition) is 5. The Hall–Kier alpha value is -0.950. The van der Waals surface area contributed by atoms with E-state index in [-0.39, 0.29) is 23.1 Å². The average molecular weight is 307 g/mol. The van der Waals surface area contributed by atoms with Gasteiger partial charge >= 0.3 is 5.97 Å². The lowest BCUT2D eigenvalue weighted by molar-refractivity contribution is -0.162. The van der Waals surface area contributed by atoms with Gasteiger partial charge in [0.05, 0.1) is 7.11 Å². The third-order valence-electron chi connectivity index (χ3n) is 3.30. The van der Waals surface area contributed by atoms with Crippen LogP contribution in [0.4, 0.5) is 0 Å². The van der Waals surface area contributed by atoms with E-state index in [0.29, 0.717) is 0 Å². The molecule has 0 aromatic heterocycles. The van der Waals surface area contributed by atoms with Crippen molar-refractivity contribution in [2.24, 2.45) is 0 Å². The lowest BCUT2D eigenvalue weighted by atomic mass is 9.96. The largest absolute Gasteiger partial charge is 0.467 e. The Bertz CT molecular complexity index is 442. The zero-order chi connectivity index (χ0) is 14.4. The van der Waals surface area contributed by atoms with Crippen molar-refractivity contribution in [2.75, 3.05) is 13.0 Å². The molecule has 8 heteroatoms. The second-order valence-electron chi connectivity index (χ2n) is 4.96. The third-order valence-corrected chi connectivity index (χ3v) is 5.12. The van der Waals surface area contributed by atoms with Crippen LogP contribution in [0.3, 0.4) is 0 Å². The summed E-state index contributed by atoms with van der Waals surface area (Å²) in [6.45, 7) is 3.76. The number of rotatable bonds is 3. The SMILES string of the molecule is COC(=O)[C@@H]1N2C(=O)[C@@H](NC(=O)CCl)[C@@H]2SC1(C)C. The molecular weight excluding hydrogens is 292 g/mol. The molecule has 0 radical (unpaired) electrons. The van der Waals surface area contributed by atoms with Crippen LogP contribution in [0.25, 0.3) is 0 Å². The van der Waals surface area contributed by atoms with Crippen LogP contribution in [0, 0.1) is 0 Å². The van der Waals surface area contributed by atoms with Crippen molar-refractivity contribution in [2.45, 2.75) is 36.1 Å². The monoisotopic (exact) mass is 306 g/mol. The molecule has 2 saturated heterocycles. The van der Waals surface area contributed by atoms with E-state index in [1.54, 1.807) is 0 Å². The maximum absolute atomic E-state index is 12.1. The summed E-state index contributed by atoms with van der Waals surface area (Å²) >= 11 is 6.89. The number of carbonyl (C=O) groups is 3. The zero-order valence-electron chi connectivity index (χ0n) is 10.8. The Balaban J connectivity index is 2.17. The molecule has 2 aliphatic rings. The molecule has 1 N–H and O–H groups in total. The smallest absolute Gasteiger partial charge is 0.330 e. The predicted molar refractivity (Wildman–Crippen MR) is 70.8 cm³/mol. The van der Waals surface area contributed by atoms with Gasteiger partial charge in [0.15, 0.2) is 0 Å². The van der Waals surface area contributed by atoms with E-state index >= 15 is 0 Å². The van der Waals surface area contributed by atoms with Crippen molar-refractivity contribution in [3.63, 3.8) is 0 Å². The van der Waals surface area contributed by atoms with Crippen molar-refractivity contribution in [1.82, 2.24) is 10.2 Å². The maximum atomic E-state index is 12.1. The van der Waals surface area contributed by atoms with E-state index in [9.17, 15) is 14.4 Å². The molecule has 6 nitrogen and oxygen atoms in total. The molecule has 2 rings (SSSR count). The fourth-order valence-corrected chi connectivity index (χ4v) is 4.15. The lowest BCUT2D eigenvalue weighted by Gasteiger charge is -2.43. The van der Waals surface area contributed by atoms with Gasteiger partial charge in [-0.15, -0.1) is 23.4 Å². The summed E-state index contributed by atoms with van der Waals surface area (Å²) in [7, 11) is 1.30. The number of alkyl halides is 1. The van der Waals surface area contributed by atoms with Gasteiger partial charge in [0.25, 0.3) is 0 Å². The molecule has 0 aromatic rings. The highest BCUT2D eigenvalue weighted by Crippen LogP contribution is 2.50. The summed E-state index contributed by atoms with van der Waals surface area (Å²) < 4.78 is 4.30. The number of nitrogens with one attached hydrogen (secondary N) is 1. The summed E-state index contributed by atoms with van der Waals surface area (Å²) in [6.07, 6.45) is 0. The molecule has 2 heterocycles. The molecule has 2 fully saturated rings. The lowest BCUT2D eigenvalue weighted by Crippen LogP contribution is -2.70. The average Bonchev–Trinajstić information content (AvgIpc) is 2.63. The number of esters is 1. The normalized spacial score (nSPS) is 31.5. The number of amides is 2. The van der Waals surface area contributed by atoms with E-state index in [0.717, 1.165) is 0 Å². The predicted octanol–water partition coefficient (Wildman–Crippen LogP) is -0.0547. The first-order valence-corrected chi connectivity index (χ1v) is 7.18. The van der Waals surface area contributed by atoms with Crippen LogP contribution in [0.15, 0.2) is 0 Å². The van der Waals surface area contributed by atoms with Crippen molar-refractivity contribution in [1.29, 1.82) is 0 Å². The van der Waals surface area contributed by atoms with Crippen molar-refractivity contribution < 1.29 is 19.1 Å². The highest BCUT2D eigenvalue weighted by Gasteiger charge is 2.64. The fourth-order valence-electron chi connectivity index (χ4n) is 2.45. The van der Waals surface area contributed by atoms with Gasteiger partial charge in [0, 0.05) is 4.75 Å². The number of hydrogen-bond donors (Lipinski definition) is 1. The van der Waals surface area contributed by atoms with Crippen LogP contribution in [-0.2, 0) is 19.1 Å². The van der Waals surface area contributed by atoms with Crippen molar-refractivity contribution in [3.8, 4) is 0 Å².